The standard InChI is InChI=1S/C16H25ClN2O4S/c1-2-3-12-23-16-13-14(4-5-15(16)17)24(21,22)19-8-6-18(7-9-19)10-11-20/h4-5,13,20H,2-3,6-12H2,1H3. The molecule has 1 saturated heterocycles. The second-order valence-corrected chi connectivity index (χ2v) is 8.11. The summed E-state index contributed by atoms with van der Waals surface area (Å²) in [6.45, 7) is 5.29. The lowest BCUT2D eigenvalue weighted by Gasteiger charge is -2.33. The third-order valence-corrected chi connectivity index (χ3v) is 6.25. The molecule has 1 aliphatic rings. The van der Waals surface area contributed by atoms with E-state index in [-0.39, 0.29) is 11.5 Å². The van der Waals surface area contributed by atoms with Gasteiger partial charge >= 0.3 is 0 Å². The highest BCUT2D eigenvalue weighted by Gasteiger charge is 2.28. The number of hydrogen-bond donors (Lipinski definition) is 1. The van der Waals surface area contributed by atoms with Gasteiger partial charge in [0.05, 0.1) is 23.1 Å². The lowest BCUT2D eigenvalue weighted by Crippen LogP contribution is -2.49. The van der Waals surface area contributed by atoms with Crippen LogP contribution in [0.5, 0.6) is 5.75 Å². The van der Waals surface area contributed by atoms with E-state index in [0.29, 0.717) is 50.1 Å². The van der Waals surface area contributed by atoms with Gasteiger partial charge in [-0.3, -0.25) is 4.90 Å². The summed E-state index contributed by atoms with van der Waals surface area (Å²) in [4.78, 5) is 2.25. The topological polar surface area (TPSA) is 70.1 Å². The average molecular weight is 377 g/mol. The van der Waals surface area contributed by atoms with Crippen LogP contribution in [0.25, 0.3) is 0 Å². The van der Waals surface area contributed by atoms with Crippen LogP contribution in [0.15, 0.2) is 23.1 Å². The fourth-order valence-corrected chi connectivity index (χ4v) is 4.18. The summed E-state index contributed by atoms with van der Waals surface area (Å²) in [6.07, 6.45) is 1.88. The first-order valence-electron chi connectivity index (χ1n) is 8.24. The number of nitrogens with zero attached hydrogens (tertiary/aromatic N) is 2. The van der Waals surface area contributed by atoms with Crippen molar-refractivity contribution in [3.8, 4) is 5.75 Å². The van der Waals surface area contributed by atoms with E-state index in [1.54, 1.807) is 6.07 Å². The van der Waals surface area contributed by atoms with Crippen LogP contribution >= 0.6 is 11.6 Å². The molecular weight excluding hydrogens is 352 g/mol. The number of ether oxygens (including phenoxy) is 1. The van der Waals surface area contributed by atoms with Crippen LogP contribution in [-0.4, -0.2) is 68.7 Å². The van der Waals surface area contributed by atoms with Crippen LogP contribution in [0.3, 0.4) is 0 Å². The Bertz CT molecular complexity index is 631. The third kappa shape index (κ3) is 4.83. The molecule has 0 saturated carbocycles. The smallest absolute Gasteiger partial charge is 0.243 e. The molecule has 2 rings (SSSR count). The number of sulfonamides is 1. The molecule has 136 valence electrons. The number of benzene rings is 1. The highest BCUT2D eigenvalue weighted by Crippen LogP contribution is 2.29. The number of rotatable bonds is 8. The van der Waals surface area contributed by atoms with Crippen molar-refractivity contribution in [3.63, 3.8) is 0 Å². The Morgan fingerprint density at radius 1 is 1.25 bits per heavy atom. The maximum atomic E-state index is 12.8. The van der Waals surface area contributed by atoms with Gasteiger partial charge < -0.3 is 9.84 Å². The molecule has 1 heterocycles. The Hall–Kier alpha value is -0.860. The minimum atomic E-state index is -3.56. The number of aliphatic hydroxyl groups excluding tert-OH is 1. The Morgan fingerprint density at radius 2 is 1.96 bits per heavy atom. The number of unbranched alkanes of at least 4 members (excludes halogenated alkanes) is 1. The second-order valence-electron chi connectivity index (χ2n) is 5.76. The van der Waals surface area contributed by atoms with Gasteiger partial charge in [-0.1, -0.05) is 24.9 Å². The summed E-state index contributed by atoms with van der Waals surface area (Å²) in [7, 11) is -3.56. The molecular formula is C16H25ClN2O4S. The van der Waals surface area contributed by atoms with Crippen LogP contribution in [0.4, 0.5) is 0 Å². The van der Waals surface area contributed by atoms with Crippen molar-refractivity contribution in [1.29, 1.82) is 0 Å². The molecule has 0 unspecified atom stereocenters. The summed E-state index contributed by atoms with van der Waals surface area (Å²) >= 11 is 6.10. The molecule has 6 nitrogen and oxygen atoms in total. The Kier molecular flexibility index (Phi) is 7.31. The van der Waals surface area contributed by atoms with Gasteiger partial charge in [-0.05, 0) is 18.6 Å². The van der Waals surface area contributed by atoms with Crippen LogP contribution in [0.2, 0.25) is 5.02 Å². The first-order chi connectivity index (χ1) is 11.5. The lowest BCUT2D eigenvalue weighted by molar-refractivity contribution is 0.151. The molecule has 1 aliphatic heterocycles. The van der Waals surface area contributed by atoms with Gasteiger partial charge in [-0.15, -0.1) is 0 Å². The molecule has 8 heteroatoms. The molecule has 0 spiro atoms. The highest BCUT2D eigenvalue weighted by molar-refractivity contribution is 7.89. The number of hydrogen-bond acceptors (Lipinski definition) is 5. The number of halogens is 1. The molecule has 0 bridgehead atoms. The van der Waals surface area contributed by atoms with E-state index in [9.17, 15) is 8.42 Å². The summed E-state index contributed by atoms with van der Waals surface area (Å²) in [5.74, 6) is 0.408. The summed E-state index contributed by atoms with van der Waals surface area (Å²) in [6, 6.07) is 4.59. The first-order valence-corrected chi connectivity index (χ1v) is 10.1. The molecule has 0 amide bonds. The first kappa shape index (κ1) is 19.5. The second kappa shape index (κ2) is 9.01. The van der Waals surface area contributed by atoms with Crippen molar-refractivity contribution in [2.45, 2.75) is 24.7 Å². The predicted molar refractivity (Wildman–Crippen MR) is 94.1 cm³/mol. The fraction of sp³-hybridized carbons (Fsp3) is 0.625. The van der Waals surface area contributed by atoms with E-state index >= 15 is 0 Å². The van der Waals surface area contributed by atoms with Crippen LogP contribution in [0.1, 0.15) is 19.8 Å². The van der Waals surface area contributed by atoms with Crippen molar-refractivity contribution in [3.05, 3.63) is 23.2 Å². The Labute approximate surface area is 149 Å². The van der Waals surface area contributed by atoms with Gasteiger partial charge in [0, 0.05) is 38.8 Å². The zero-order valence-corrected chi connectivity index (χ0v) is 15.5. The largest absolute Gasteiger partial charge is 0.492 e. The molecule has 0 radical (unpaired) electrons. The molecule has 1 N–H and O–H groups in total. The van der Waals surface area contributed by atoms with Gasteiger partial charge in [-0.2, -0.15) is 4.31 Å². The van der Waals surface area contributed by atoms with Crippen molar-refractivity contribution in [1.82, 2.24) is 9.21 Å². The maximum Gasteiger partial charge on any atom is 0.243 e. The molecule has 0 aromatic heterocycles. The van der Waals surface area contributed by atoms with Crippen molar-refractivity contribution in [2.24, 2.45) is 0 Å². The summed E-state index contributed by atoms with van der Waals surface area (Å²) in [5, 5.41) is 9.38. The predicted octanol–water partition coefficient (Wildman–Crippen LogP) is 1.82. The van der Waals surface area contributed by atoms with E-state index < -0.39 is 10.0 Å². The minimum absolute atomic E-state index is 0.0857. The summed E-state index contributed by atoms with van der Waals surface area (Å²) in [5.41, 5.74) is 0. The maximum absolute atomic E-state index is 12.8. The van der Waals surface area contributed by atoms with Crippen molar-refractivity contribution in [2.75, 3.05) is 45.9 Å². The van der Waals surface area contributed by atoms with Gasteiger partial charge in [0.25, 0.3) is 0 Å². The number of aliphatic hydroxyl groups is 1. The molecule has 0 atom stereocenters. The minimum Gasteiger partial charge on any atom is -0.492 e. The quantitative estimate of drug-likeness (QED) is 0.701. The van der Waals surface area contributed by atoms with E-state index in [1.165, 1.54) is 16.4 Å². The van der Waals surface area contributed by atoms with Gasteiger partial charge in [0.2, 0.25) is 10.0 Å². The zero-order valence-electron chi connectivity index (χ0n) is 13.9. The molecule has 1 aromatic rings. The van der Waals surface area contributed by atoms with E-state index in [0.717, 1.165) is 12.8 Å². The zero-order chi connectivity index (χ0) is 17.6. The monoisotopic (exact) mass is 376 g/mol. The molecule has 1 aromatic carbocycles. The van der Waals surface area contributed by atoms with Gasteiger partial charge in [0.15, 0.2) is 0 Å². The van der Waals surface area contributed by atoms with E-state index in [4.69, 9.17) is 21.4 Å². The SMILES string of the molecule is CCCCOc1cc(S(=O)(=O)N2CCN(CCO)CC2)ccc1Cl. The normalized spacial score (nSPS) is 17.1. The molecule has 1 fully saturated rings. The number of piperazine rings is 1. The van der Waals surface area contributed by atoms with Crippen molar-refractivity contribution >= 4 is 21.6 Å². The highest BCUT2D eigenvalue weighted by atomic mass is 35.5. The van der Waals surface area contributed by atoms with Crippen molar-refractivity contribution < 1.29 is 18.3 Å². The van der Waals surface area contributed by atoms with Gasteiger partial charge in [-0.25, -0.2) is 8.42 Å². The van der Waals surface area contributed by atoms with E-state index in [2.05, 4.69) is 6.92 Å². The van der Waals surface area contributed by atoms with Gasteiger partial charge in [0.1, 0.15) is 5.75 Å². The molecule has 24 heavy (non-hydrogen) atoms. The van der Waals surface area contributed by atoms with E-state index in [1.807, 2.05) is 4.90 Å². The lowest BCUT2D eigenvalue weighted by atomic mass is 10.3. The number of β-amino-alcohol motifs (C(OH)–C–C–N with tert-alkyl or cyclic N) is 1. The Balaban J connectivity index is 2.10. The molecule has 0 aliphatic carbocycles. The van der Waals surface area contributed by atoms with Crippen LogP contribution in [0, 0.1) is 0 Å². The average Bonchev–Trinajstić information content (AvgIpc) is 2.57. The van der Waals surface area contributed by atoms with Crippen LogP contribution < -0.4 is 4.74 Å². The Morgan fingerprint density at radius 3 is 2.58 bits per heavy atom. The van der Waals surface area contributed by atoms with Crippen LogP contribution in [-0.2, 0) is 10.0 Å². The third-order valence-electron chi connectivity index (χ3n) is 4.04. The fourth-order valence-electron chi connectivity index (χ4n) is 2.57. The summed E-state index contributed by atoms with van der Waals surface area (Å²) < 4.78 is 32.7.